The third-order valence-corrected chi connectivity index (χ3v) is 7.04. The number of fused-ring (bicyclic) bond motifs is 2. The Morgan fingerprint density at radius 1 is 1.21 bits per heavy atom. The highest BCUT2D eigenvalue weighted by molar-refractivity contribution is 7.84. The molecule has 2 heterocycles. The number of hydrogen-bond acceptors (Lipinski definition) is 4. The summed E-state index contributed by atoms with van der Waals surface area (Å²) in [7, 11) is -1.10. The Morgan fingerprint density at radius 2 is 1.88 bits per heavy atom. The fraction of sp³-hybridized carbons (Fsp3) is 0.667. The van der Waals surface area contributed by atoms with Gasteiger partial charge >= 0.3 is 0 Å². The molecule has 0 aromatic heterocycles. The molecular formula is C18H26N2O3S. The Balaban J connectivity index is 1.73. The van der Waals surface area contributed by atoms with E-state index in [2.05, 4.69) is 22.2 Å². The van der Waals surface area contributed by atoms with Crippen LogP contribution in [0.3, 0.4) is 0 Å². The lowest BCUT2D eigenvalue weighted by atomic mass is 9.73. The molecule has 0 amide bonds. The van der Waals surface area contributed by atoms with Crippen LogP contribution in [-0.4, -0.2) is 28.8 Å². The zero-order valence-electron chi connectivity index (χ0n) is 14.6. The lowest BCUT2D eigenvalue weighted by Gasteiger charge is -2.40. The first kappa shape index (κ1) is 16.4. The SMILES string of the molecule is CC(C)(C)S(=O)N[C@@H]1c2cc3c(cc2CC12CCNCC2)OCO3. The number of rotatable bonds is 2. The molecule has 24 heavy (non-hydrogen) atoms. The molecule has 1 aliphatic carbocycles. The van der Waals surface area contributed by atoms with Crippen molar-refractivity contribution in [2.24, 2.45) is 5.41 Å². The molecule has 3 aliphatic rings. The van der Waals surface area contributed by atoms with Gasteiger partial charge in [0.05, 0.1) is 21.8 Å². The number of hydrogen-bond donors (Lipinski definition) is 2. The second-order valence-electron chi connectivity index (χ2n) is 8.13. The quantitative estimate of drug-likeness (QED) is 0.860. The highest BCUT2D eigenvalue weighted by Crippen LogP contribution is 2.54. The van der Waals surface area contributed by atoms with E-state index in [1.54, 1.807) is 0 Å². The van der Waals surface area contributed by atoms with Crippen LogP contribution in [-0.2, 0) is 17.4 Å². The molecule has 4 rings (SSSR count). The van der Waals surface area contributed by atoms with Crippen molar-refractivity contribution in [3.8, 4) is 11.5 Å². The highest BCUT2D eigenvalue weighted by Gasteiger charge is 2.48. The van der Waals surface area contributed by atoms with Gasteiger partial charge in [-0.3, -0.25) is 0 Å². The molecular weight excluding hydrogens is 324 g/mol. The fourth-order valence-electron chi connectivity index (χ4n) is 4.10. The molecule has 2 N–H and O–H groups in total. The fourth-order valence-corrected chi connectivity index (χ4v) is 5.04. The molecule has 1 fully saturated rings. The van der Waals surface area contributed by atoms with Gasteiger partial charge < -0.3 is 14.8 Å². The summed E-state index contributed by atoms with van der Waals surface area (Å²) in [6.07, 6.45) is 3.19. The molecule has 0 bridgehead atoms. The predicted molar refractivity (Wildman–Crippen MR) is 94.6 cm³/mol. The normalized spacial score (nSPS) is 25.7. The lowest BCUT2D eigenvalue weighted by molar-refractivity contribution is 0.162. The molecule has 1 aromatic rings. The van der Waals surface area contributed by atoms with E-state index in [1.165, 1.54) is 11.1 Å². The Kier molecular flexibility index (Phi) is 3.90. The van der Waals surface area contributed by atoms with Crippen LogP contribution in [0.15, 0.2) is 12.1 Å². The summed E-state index contributed by atoms with van der Waals surface area (Å²) in [5.41, 5.74) is 2.67. The summed E-state index contributed by atoms with van der Waals surface area (Å²) < 4.78 is 27.1. The molecule has 2 aliphatic heterocycles. The van der Waals surface area contributed by atoms with Gasteiger partial charge in [0.25, 0.3) is 0 Å². The Labute approximate surface area is 146 Å². The first-order chi connectivity index (χ1) is 11.4. The summed E-state index contributed by atoms with van der Waals surface area (Å²) in [5, 5.41) is 3.46. The average Bonchev–Trinajstić information content (AvgIpc) is 3.08. The lowest BCUT2D eigenvalue weighted by Crippen LogP contribution is -2.46. The van der Waals surface area contributed by atoms with E-state index >= 15 is 0 Å². The van der Waals surface area contributed by atoms with Crippen molar-refractivity contribution in [1.82, 2.24) is 10.0 Å². The summed E-state index contributed by atoms with van der Waals surface area (Å²) in [4.78, 5) is 0. The Hall–Kier alpha value is -1.11. The molecule has 132 valence electrons. The standard InChI is InChI=1S/C18H26N2O3S/c1-17(2,3)24(21)20-16-13-9-15-14(22-11-23-15)8-12(13)10-18(16)4-6-19-7-5-18/h8-9,16,19-20H,4-7,10-11H2,1-3H3/t16-,24?/m1/s1. The van der Waals surface area contributed by atoms with Gasteiger partial charge in [-0.2, -0.15) is 0 Å². The maximum Gasteiger partial charge on any atom is 0.231 e. The minimum atomic E-state index is -1.10. The van der Waals surface area contributed by atoms with Crippen molar-refractivity contribution < 1.29 is 13.7 Å². The van der Waals surface area contributed by atoms with Crippen molar-refractivity contribution in [3.63, 3.8) is 0 Å². The largest absolute Gasteiger partial charge is 0.454 e. The minimum Gasteiger partial charge on any atom is -0.454 e. The third-order valence-electron chi connectivity index (χ3n) is 5.48. The zero-order chi connectivity index (χ0) is 16.9. The van der Waals surface area contributed by atoms with Crippen molar-refractivity contribution in [3.05, 3.63) is 23.3 Å². The molecule has 1 aromatic carbocycles. The van der Waals surface area contributed by atoms with E-state index in [0.717, 1.165) is 43.9 Å². The van der Waals surface area contributed by atoms with Crippen LogP contribution >= 0.6 is 0 Å². The second-order valence-corrected chi connectivity index (χ2v) is 10.1. The molecule has 1 spiro atoms. The monoisotopic (exact) mass is 350 g/mol. The first-order valence-corrected chi connectivity index (χ1v) is 9.85. The number of piperidine rings is 1. The maximum atomic E-state index is 12.8. The van der Waals surface area contributed by atoms with Gasteiger partial charge in [-0.1, -0.05) is 0 Å². The first-order valence-electron chi connectivity index (χ1n) is 8.70. The van der Waals surface area contributed by atoms with Crippen LogP contribution in [0.2, 0.25) is 0 Å². The van der Waals surface area contributed by atoms with E-state index in [4.69, 9.17) is 9.47 Å². The van der Waals surface area contributed by atoms with Gasteiger partial charge in [0, 0.05) is 0 Å². The van der Waals surface area contributed by atoms with Gasteiger partial charge in [0.15, 0.2) is 11.5 Å². The Morgan fingerprint density at radius 3 is 2.54 bits per heavy atom. The zero-order valence-corrected chi connectivity index (χ0v) is 15.4. The third kappa shape index (κ3) is 2.65. The van der Waals surface area contributed by atoms with Crippen LogP contribution < -0.4 is 19.5 Å². The van der Waals surface area contributed by atoms with Crippen LogP contribution in [0.4, 0.5) is 0 Å². The van der Waals surface area contributed by atoms with Gasteiger partial charge in [0.2, 0.25) is 6.79 Å². The topological polar surface area (TPSA) is 59.6 Å². The smallest absolute Gasteiger partial charge is 0.231 e. The van der Waals surface area contributed by atoms with Crippen LogP contribution in [0, 0.1) is 5.41 Å². The van der Waals surface area contributed by atoms with E-state index in [-0.39, 0.29) is 16.2 Å². The second kappa shape index (κ2) is 5.71. The summed E-state index contributed by atoms with van der Waals surface area (Å²) in [5.74, 6) is 1.66. The van der Waals surface area contributed by atoms with Crippen LogP contribution in [0.5, 0.6) is 11.5 Å². The van der Waals surface area contributed by atoms with E-state index in [1.807, 2.05) is 20.8 Å². The molecule has 1 saturated heterocycles. The average molecular weight is 350 g/mol. The van der Waals surface area contributed by atoms with E-state index in [9.17, 15) is 4.21 Å². The summed E-state index contributed by atoms with van der Waals surface area (Å²) >= 11 is 0. The molecule has 0 saturated carbocycles. The van der Waals surface area contributed by atoms with Gasteiger partial charge in [0.1, 0.15) is 0 Å². The molecule has 1 unspecified atom stereocenters. The highest BCUT2D eigenvalue weighted by atomic mass is 32.2. The molecule has 0 radical (unpaired) electrons. The van der Waals surface area contributed by atoms with Crippen molar-refractivity contribution >= 4 is 11.0 Å². The molecule has 2 atom stereocenters. The number of ether oxygens (including phenoxy) is 2. The summed E-state index contributed by atoms with van der Waals surface area (Å²) in [6, 6.07) is 4.33. The van der Waals surface area contributed by atoms with E-state index < -0.39 is 11.0 Å². The summed E-state index contributed by atoms with van der Waals surface area (Å²) in [6.45, 7) is 8.36. The molecule has 6 heteroatoms. The van der Waals surface area contributed by atoms with Crippen molar-refractivity contribution in [2.45, 2.75) is 50.8 Å². The van der Waals surface area contributed by atoms with E-state index in [0.29, 0.717) is 6.79 Å². The maximum absolute atomic E-state index is 12.8. The van der Waals surface area contributed by atoms with Gasteiger partial charge in [-0.15, -0.1) is 0 Å². The van der Waals surface area contributed by atoms with Gasteiger partial charge in [-0.25, -0.2) is 8.93 Å². The molecule has 5 nitrogen and oxygen atoms in total. The van der Waals surface area contributed by atoms with Crippen LogP contribution in [0.25, 0.3) is 0 Å². The Bertz CT molecular complexity index is 678. The van der Waals surface area contributed by atoms with Crippen molar-refractivity contribution in [2.75, 3.05) is 19.9 Å². The number of nitrogens with one attached hydrogen (secondary N) is 2. The number of benzene rings is 1. The minimum absolute atomic E-state index is 0.101. The van der Waals surface area contributed by atoms with Gasteiger partial charge in [-0.05, 0) is 81.8 Å². The van der Waals surface area contributed by atoms with Crippen molar-refractivity contribution in [1.29, 1.82) is 0 Å². The van der Waals surface area contributed by atoms with Crippen LogP contribution in [0.1, 0.15) is 50.8 Å². The predicted octanol–water partition coefficient (Wildman–Crippen LogP) is 2.43.